The Morgan fingerprint density at radius 2 is 0.982 bits per heavy atom. The second-order valence-corrected chi connectivity index (χ2v) is 16.4. The Morgan fingerprint density at radius 3 is 1.80 bits per heavy atom. The molecule has 1 unspecified atom stereocenters. The average Bonchev–Trinajstić information content (AvgIpc) is 3.43. The summed E-state index contributed by atoms with van der Waals surface area (Å²) >= 11 is 2.54. The number of hydrogen-bond acceptors (Lipinski definition) is 0. The van der Waals surface area contributed by atoms with E-state index in [2.05, 4.69) is 217 Å². The molecule has 11 rings (SSSR count). The molecular formula is C55H37I. The van der Waals surface area contributed by atoms with Gasteiger partial charge in [-0.05, 0) is 158 Å². The fourth-order valence-corrected chi connectivity index (χ4v) is 10.4. The molecule has 0 fully saturated rings. The van der Waals surface area contributed by atoms with Crippen molar-refractivity contribution in [1.29, 1.82) is 0 Å². The molecule has 0 aliphatic heterocycles. The first kappa shape index (κ1) is 33.3. The highest BCUT2D eigenvalue weighted by molar-refractivity contribution is 14.1. The van der Waals surface area contributed by atoms with E-state index >= 15 is 0 Å². The molecule has 0 aromatic heterocycles. The van der Waals surface area contributed by atoms with Crippen molar-refractivity contribution in [2.75, 3.05) is 0 Å². The van der Waals surface area contributed by atoms with E-state index in [-0.39, 0.29) is 0 Å². The van der Waals surface area contributed by atoms with E-state index in [1.54, 1.807) is 0 Å². The van der Waals surface area contributed by atoms with Gasteiger partial charge in [-0.15, -0.1) is 0 Å². The highest BCUT2D eigenvalue weighted by atomic mass is 127. The molecule has 0 saturated heterocycles. The van der Waals surface area contributed by atoms with Gasteiger partial charge in [-0.2, -0.15) is 0 Å². The van der Waals surface area contributed by atoms with Gasteiger partial charge in [0.05, 0.1) is 0 Å². The Labute approximate surface area is 341 Å². The SMILES string of the molecule is Ic1cccc2c1-c1ccccc1CCC2c1ccc(-c2c3ccccc3c(-c3ccc4ccc5ccccc5c4c3)c3ccc(-c4ccccc4)cc23)cc1. The first-order valence-electron chi connectivity index (χ1n) is 19.6. The van der Waals surface area contributed by atoms with Crippen LogP contribution in [0.5, 0.6) is 0 Å². The van der Waals surface area contributed by atoms with Crippen LogP contribution in [0.15, 0.2) is 194 Å². The summed E-state index contributed by atoms with van der Waals surface area (Å²) in [6.07, 6.45) is 2.16. The Bertz CT molecular complexity index is 3140. The fraction of sp³-hybridized carbons (Fsp3) is 0.0545. The van der Waals surface area contributed by atoms with Crippen molar-refractivity contribution in [3.8, 4) is 44.5 Å². The Morgan fingerprint density at radius 1 is 0.375 bits per heavy atom. The Balaban J connectivity index is 1.12. The van der Waals surface area contributed by atoms with Gasteiger partial charge in [-0.1, -0.05) is 176 Å². The maximum absolute atomic E-state index is 2.54. The minimum absolute atomic E-state index is 0.325. The third-order valence-electron chi connectivity index (χ3n) is 12.2. The van der Waals surface area contributed by atoms with Gasteiger partial charge in [-0.25, -0.2) is 0 Å². The molecule has 10 aromatic rings. The van der Waals surface area contributed by atoms with Crippen LogP contribution < -0.4 is 0 Å². The number of fused-ring (bicyclic) bond motifs is 8. The largest absolute Gasteiger partial charge is 0.0622 e. The molecule has 1 aliphatic rings. The van der Waals surface area contributed by atoms with Gasteiger partial charge in [0, 0.05) is 9.49 Å². The highest BCUT2D eigenvalue weighted by Crippen LogP contribution is 2.47. The summed E-state index contributed by atoms with van der Waals surface area (Å²) in [6, 6.07) is 72.7. The first-order chi connectivity index (χ1) is 27.7. The molecule has 56 heavy (non-hydrogen) atoms. The van der Waals surface area contributed by atoms with E-state index in [0.717, 1.165) is 12.8 Å². The molecule has 0 nitrogen and oxygen atoms in total. The molecule has 0 saturated carbocycles. The van der Waals surface area contributed by atoms with Crippen LogP contribution >= 0.6 is 22.6 Å². The zero-order chi connectivity index (χ0) is 37.2. The molecule has 10 aromatic carbocycles. The number of hydrogen-bond donors (Lipinski definition) is 0. The molecule has 1 aliphatic carbocycles. The number of rotatable bonds is 4. The van der Waals surface area contributed by atoms with Gasteiger partial charge in [0.1, 0.15) is 0 Å². The van der Waals surface area contributed by atoms with Gasteiger partial charge in [0.2, 0.25) is 0 Å². The summed E-state index contributed by atoms with van der Waals surface area (Å²) in [5, 5.41) is 10.2. The van der Waals surface area contributed by atoms with E-state index in [1.807, 2.05) is 0 Å². The molecular weight excluding hydrogens is 788 g/mol. The summed E-state index contributed by atoms with van der Waals surface area (Å²) in [6.45, 7) is 0. The molecule has 0 spiro atoms. The lowest BCUT2D eigenvalue weighted by atomic mass is 9.82. The van der Waals surface area contributed by atoms with Crippen molar-refractivity contribution >= 4 is 65.7 Å². The summed E-state index contributed by atoms with van der Waals surface area (Å²) in [7, 11) is 0. The predicted octanol–water partition coefficient (Wildman–Crippen LogP) is 15.7. The normalized spacial score (nSPS) is 13.8. The van der Waals surface area contributed by atoms with Gasteiger partial charge in [-0.3, -0.25) is 0 Å². The standard InChI is InChI=1S/C55H37I/c56-52-20-10-19-46-44(31-29-37-14-5-7-16-45(37)55(46)52)38-23-26-40(27-24-38)53-47-17-8-9-18-48(47)54(49-32-30-41(33-51(49)53)35-11-2-1-3-12-35)42-28-25-39-22-21-36-13-4-6-15-43(36)50(39)34-42/h1-28,30,32-34,44H,29,31H2. The van der Waals surface area contributed by atoms with Crippen LogP contribution in [0.4, 0.5) is 0 Å². The van der Waals surface area contributed by atoms with E-state index in [9.17, 15) is 0 Å². The van der Waals surface area contributed by atoms with E-state index in [1.165, 1.54) is 108 Å². The van der Waals surface area contributed by atoms with E-state index < -0.39 is 0 Å². The third kappa shape index (κ3) is 5.48. The van der Waals surface area contributed by atoms with E-state index in [4.69, 9.17) is 0 Å². The smallest absolute Gasteiger partial charge is 0.0211 e. The van der Waals surface area contributed by atoms with Crippen molar-refractivity contribution in [3.63, 3.8) is 0 Å². The van der Waals surface area contributed by atoms with Crippen molar-refractivity contribution in [2.24, 2.45) is 0 Å². The van der Waals surface area contributed by atoms with Crippen LogP contribution in [0.3, 0.4) is 0 Å². The van der Waals surface area contributed by atoms with Crippen LogP contribution in [0, 0.1) is 3.57 Å². The van der Waals surface area contributed by atoms with Crippen LogP contribution in [0.2, 0.25) is 0 Å². The van der Waals surface area contributed by atoms with E-state index in [0.29, 0.717) is 5.92 Å². The minimum atomic E-state index is 0.325. The summed E-state index contributed by atoms with van der Waals surface area (Å²) in [5.41, 5.74) is 14.6. The second-order valence-electron chi connectivity index (χ2n) is 15.2. The lowest BCUT2D eigenvalue weighted by molar-refractivity contribution is 0.726. The van der Waals surface area contributed by atoms with Crippen LogP contribution in [-0.2, 0) is 6.42 Å². The summed E-state index contributed by atoms with van der Waals surface area (Å²) in [5.74, 6) is 0.325. The van der Waals surface area contributed by atoms with Gasteiger partial charge >= 0.3 is 0 Å². The van der Waals surface area contributed by atoms with Crippen LogP contribution in [-0.4, -0.2) is 0 Å². The number of halogens is 1. The highest BCUT2D eigenvalue weighted by Gasteiger charge is 2.26. The van der Waals surface area contributed by atoms with Gasteiger partial charge < -0.3 is 0 Å². The zero-order valence-corrected chi connectivity index (χ0v) is 33.0. The van der Waals surface area contributed by atoms with Crippen LogP contribution in [0.1, 0.15) is 29.0 Å². The number of benzene rings is 10. The van der Waals surface area contributed by atoms with Gasteiger partial charge in [0.25, 0.3) is 0 Å². The minimum Gasteiger partial charge on any atom is -0.0622 e. The fourth-order valence-electron chi connectivity index (χ4n) is 9.55. The van der Waals surface area contributed by atoms with Crippen molar-refractivity contribution < 1.29 is 0 Å². The monoisotopic (exact) mass is 824 g/mol. The third-order valence-corrected chi connectivity index (χ3v) is 13.1. The zero-order valence-electron chi connectivity index (χ0n) is 30.8. The topological polar surface area (TPSA) is 0 Å². The quantitative estimate of drug-likeness (QED) is 0.0942. The lowest BCUT2D eigenvalue weighted by Gasteiger charge is -2.21. The average molecular weight is 825 g/mol. The van der Waals surface area contributed by atoms with Crippen molar-refractivity contribution in [1.82, 2.24) is 0 Å². The summed E-state index contributed by atoms with van der Waals surface area (Å²) in [4.78, 5) is 0. The van der Waals surface area contributed by atoms with Gasteiger partial charge in [0.15, 0.2) is 0 Å². The molecule has 0 radical (unpaired) electrons. The molecule has 0 amide bonds. The second kappa shape index (κ2) is 13.6. The predicted molar refractivity (Wildman–Crippen MR) is 248 cm³/mol. The van der Waals surface area contributed by atoms with Crippen molar-refractivity contribution in [3.05, 3.63) is 214 Å². The molecule has 0 bridgehead atoms. The lowest BCUT2D eigenvalue weighted by Crippen LogP contribution is -2.03. The molecule has 264 valence electrons. The van der Waals surface area contributed by atoms with Crippen LogP contribution in [0.25, 0.3) is 87.6 Å². The number of aryl methyl sites for hydroxylation is 1. The first-order valence-corrected chi connectivity index (χ1v) is 20.7. The maximum Gasteiger partial charge on any atom is 0.0211 e. The Kier molecular flexibility index (Phi) is 8.10. The summed E-state index contributed by atoms with van der Waals surface area (Å²) < 4.78 is 1.32. The molecule has 1 atom stereocenters. The molecule has 0 N–H and O–H groups in total. The van der Waals surface area contributed by atoms with Crippen molar-refractivity contribution in [2.45, 2.75) is 18.8 Å². The molecule has 0 heterocycles. The Hall–Kier alpha value is -6.03. The molecule has 1 heteroatoms. The maximum atomic E-state index is 2.54.